The molecule has 0 fully saturated rings. The van der Waals surface area contributed by atoms with Crippen LogP contribution in [0.15, 0.2) is 42.5 Å². The van der Waals surface area contributed by atoms with Gasteiger partial charge in [-0.2, -0.15) is 0 Å². The number of hydrogen-bond acceptors (Lipinski definition) is 3. The van der Waals surface area contributed by atoms with Crippen LogP contribution in [0.5, 0.6) is 11.5 Å². The molecule has 2 aromatic rings. The Bertz CT molecular complexity index is 624. The van der Waals surface area contributed by atoms with Gasteiger partial charge in [0.2, 0.25) is 0 Å². The van der Waals surface area contributed by atoms with Gasteiger partial charge in [0.05, 0.1) is 7.11 Å². The summed E-state index contributed by atoms with van der Waals surface area (Å²) in [6, 6.07) is 14.2. The molecular weight excluding hydrogens is 250 g/mol. The third-order valence-electron chi connectivity index (χ3n) is 3.77. The molecular formula is C17H19NO2. The van der Waals surface area contributed by atoms with Gasteiger partial charge in [0.25, 0.3) is 0 Å². The molecule has 2 atom stereocenters. The molecule has 1 aliphatic heterocycles. The van der Waals surface area contributed by atoms with Crippen LogP contribution in [0.3, 0.4) is 0 Å². The fourth-order valence-corrected chi connectivity index (χ4v) is 2.67. The fourth-order valence-electron chi connectivity index (χ4n) is 2.67. The van der Waals surface area contributed by atoms with Crippen LogP contribution in [-0.4, -0.2) is 7.11 Å². The number of aryl methyl sites for hydroxylation is 1. The van der Waals surface area contributed by atoms with Crippen LogP contribution in [0.25, 0.3) is 0 Å². The minimum Gasteiger partial charge on any atom is -0.497 e. The van der Waals surface area contributed by atoms with Crippen molar-refractivity contribution in [2.24, 2.45) is 5.73 Å². The lowest BCUT2D eigenvalue weighted by molar-refractivity contribution is 0.161. The van der Waals surface area contributed by atoms with E-state index < -0.39 is 0 Å². The van der Waals surface area contributed by atoms with Gasteiger partial charge in [-0.25, -0.2) is 0 Å². The Labute approximate surface area is 119 Å². The average Bonchev–Trinajstić information content (AvgIpc) is 2.48. The number of benzene rings is 2. The quantitative estimate of drug-likeness (QED) is 0.907. The first-order valence-corrected chi connectivity index (χ1v) is 6.84. The van der Waals surface area contributed by atoms with Crippen molar-refractivity contribution in [1.29, 1.82) is 0 Å². The molecule has 3 nitrogen and oxygen atoms in total. The van der Waals surface area contributed by atoms with Crippen LogP contribution in [0.1, 0.15) is 35.3 Å². The van der Waals surface area contributed by atoms with Gasteiger partial charge in [0.15, 0.2) is 0 Å². The smallest absolute Gasteiger partial charge is 0.126 e. The lowest BCUT2D eigenvalue weighted by atomic mass is 9.92. The maximum atomic E-state index is 6.30. The molecule has 2 aromatic carbocycles. The van der Waals surface area contributed by atoms with Gasteiger partial charge in [-0.1, -0.05) is 29.8 Å². The topological polar surface area (TPSA) is 44.5 Å². The molecule has 0 bridgehead atoms. The van der Waals surface area contributed by atoms with E-state index in [-0.39, 0.29) is 12.1 Å². The van der Waals surface area contributed by atoms with E-state index in [9.17, 15) is 0 Å². The molecule has 104 valence electrons. The standard InChI is InChI=1S/C17H19NO2/c1-11-6-7-16-14(8-11)15(18)10-17(20-16)12-4-3-5-13(9-12)19-2/h3-9,15,17H,10,18H2,1-2H3/t15-,17?/m0/s1. The Morgan fingerprint density at radius 1 is 1.20 bits per heavy atom. The third-order valence-corrected chi connectivity index (χ3v) is 3.77. The fraction of sp³-hybridized carbons (Fsp3) is 0.294. The second-order valence-corrected chi connectivity index (χ2v) is 5.27. The monoisotopic (exact) mass is 269 g/mol. The number of nitrogens with two attached hydrogens (primary N) is 1. The van der Waals surface area contributed by atoms with Gasteiger partial charge in [-0.05, 0) is 30.7 Å². The predicted octanol–water partition coefficient (Wildman–Crippen LogP) is 3.53. The molecule has 2 N–H and O–H groups in total. The highest BCUT2D eigenvalue weighted by atomic mass is 16.5. The van der Waals surface area contributed by atoms with E-state index in [1.807, 2.05) is 24.3 Å². The maximum Gasteiger partial charge on any atom is 0.126 e. The molecule has 1 unspecified atom stereocenters. The van der Waals surface area contributed by atoms with E-state index in [2.05, 4.69) is 25.1 Å². The molecule has 0 amide bonds. The molecule has 0 aliphatic carbocycles. The first-order chi connectivity index (χ1) is 9.67. The first-order valence-electron chi connectivity index (χ1n) is 6.84. The SMILES string of the molecule is COc1cccc(C2C[C@H](N)c3cc(C)ccc3O2)c1. The highest BCUT2D eigenvalue weighted by molar-refractivity contribution is 5.42. The first kappa shape index (κ1) is 13.0. The van der Waals surface area contributed by atoms with Crippen LogP contribution < -0.4 is 15.2 Å². The average molecular weight is 269 g/mol. The van der Waals surface area contributed by atoms with Gasteiger partial charge < -0.3 is 15.2 Å². The zero-order chi connectivity index (χ0) is 14.1. The van der Waals surface area contributed by atoms with Crippen molar-refractivity contribution < 1.29 is 9.47 Å². The molecule has 1 aliphatic rings. The van der Waals surface area contributed by atoms with Crippen LogP contribution in [-0.2, 0) is 0 Å². The van der Waals surface area contributed by atoms with Crippen molar-refractivity contribution in [1.82, 2.24) is 0 Å². The second-order valence-electron chi connectivity index (χ2n) is 5.27. The van der Waals surface area contributed by atoms with Crippen molar-refractivity contribution >= 4 is 0 Å². The number of hydrogen-bond donors (Lipinski definition) is 1. The summed E-state index contributed by atoms with van der Waals surface area (Å²) in [5.74, 6) is 1.73. The van der Waals surface area contributed by atoms with E-state index in [4.69, 9.17) is 15.2 Å². The molecule has 0 spiro atoms. The summed E-state index contributed by atoms with van der Waals surface area (Å²) >= 11 is 0. The normalized spacial score (nSPS) is 20.9. The van der Waals surface area contributed by atoms with Crippen LogP contribution >= 0.6 is 0 Å². The largest absolute Gasteiger partial charge is 0.497 e. The summed E-state index contributed by atoms with van der Waals surface area (Å²) in [7, 11) is 1.67. The van der Waals surface area contributed by atoms with Crippen molar-refractivity contribution in [3.63, 3.8) is 0 Å². The van der Waals surface area contributed by atoms with E-state index in [0.717, 1.165) is 29.0 Å². The molecule has 0 aromatic heterocycles. The van der Waals surface area contributed by atoms with E-state index in [1.54, 1.807) is 7.11 Å². The summed E-state index contributed by atoms with van der Waals surface area (Å²) in [5, 5.41) is 0. The Morgan fingerprint density at radius 2 is 2.05 bits per heavy atom. The maximum absolute atomic E-state index is 6.30. The number of rotatable bonds is 2. The van der Waals surface area contributed by atoms with Gasteiger partial charge in [0.1, 0.15) is 17.6 Å². The zero-order valence-corrected chi connectivity index (χ0v) is 11.8. The van der Waals surface area contributed by atoms with E-state index in [1.165, 1.54) is 5.56 Å². The number of methoxy groups -OCH3 is 1. The van der Waals surface area contributed by atoms with Gasteiger partial charge in [-0.3, -0.25) is 0 Å². The molecule has 3 heteroatoms. The summed E-state index contributed by atoms with van der Waals surface area (Å²) in [6.07, 6.45) is 0.763. The Kier molecular flexibility index (Phi) is 3.36. The zero-order valence-electron chi connectivity index (χ0n) is 11.8. The van der Waals surface area contributed by atoms with Gasteiger partial charge in [0, 0.05) is 18.0 Å². The van der Waals surface area contributed by atoms with Gasteiger partial charge >= 0.3 is 0 Å². The molecule has 0 radical (unpaired) electrons. The van der Waals surface area contributed by atoms with E-state index in [0.29, 0.717) is 0 Å². The van der Waals surface area contributed by atoms with Crippen molar-refractivity contribution in [3.8, 4) is 11.5 Å². The van der Waals surface area contributed by atoms with Crippen LogP contribution in [0.2, 0.25) is 0 Å². The van der Waals surface area contributed by atoms with E-state index >= 15 is 0 Å². The predicted molar refractivity (Wildman–Crippen MR) is 79.1 cm³/mol. The lowest BCUT2D eigenvalue weighted by Crippen LogP contribution is -2.24. The summed E-state index contributed by atoms with van der Waals surface area (Å²) < 4.78 is 11.4. The molecule has 1 heterocycles. The van der Waals surface area contributed by atoms with Crippen molar-refractivity contribution in [3.05, 3.63) is 59.2 Å². The number of ether oxygens (including phenoxy) is 2. The Balaban J connectivity index is 1.92. The minimum absolute atomic E-state index is 0.00912. The lowest BCUT2D eigenvalue weighted by Gasteiger charge is -2.31. The van der Waals surface area contributed by atoms with Crippen molar-refractivity contribution in [2.75, 3.05) is 7.11 Å². The number of fused-ring (bicyclic) bond motifs is 1. The summed E-state index contributed by atoms with van der Waals surface area (Å²) in [5.41, 5.74) is 9.72. The van der Waals surface area contributed by atoms with Crippen LogP contribution in [0, 0.1) is 6.92 Å². The summed E-state index contributed by atoms with van der Waals surface area (Å²) in [6.45, 7) is 2.07. The molecule has 0 saturated heterocycles. The highest BCUT2D eigenvalue weighted by Crippen LogP contribution is 2.40. The molecule has 3 rings (SSSR count). The molecule has 0 saturated carbocycles. The Hall–Kier alpha value is -2.00. The highest BCUT2D eigenvalue weighted by Gasteiger charge is 2.27. The second kappa shape index (κ2) is 5.17. The Morgan fingerprint density at radius 3 is 2.85 bits per heavy atom. The summed E-state index contributed by atoms with van der Waals surface area (Å²) in [4.78, 5) is 0. The van der Waals surface area contributed by atoms with Gasteiger partial charge in [-0.15, -0.1) is 0 Å². The minimum atomic E-state index is -0.0182. The van der Waals surface area contributed by atoms with Crippen LogP contribution in [0.4, 0.5) is 0 Å². The third kappa shape index (κ3) is 2.37. The van der Waals surface area contributed by atoms with Crippen molar-refractivity contribution in [2.45, 2.75) is 25.5 Å². The molecule has 20 heavy (non-hydrogen) atoms.